The lowest BCUT2D eigenvalue weighted by molar-refractivity contribution is 0.0949. The minimum absolute atomic E-state index is 0.0622. The second-order valence-electron chi connectivity index (χ2n) is 6.03. The second kappa shape index (κ2) is 8.27. The largest absolute Gasteiger partial charge is 0.507 e. The zero-order chi connectivity index (χ0) is 19.2. The van der Waals surface area contributed by atoms with E-state index in [0.29, 0.717) is 22.9 Å². The number of phenolic OH excluding ortho intramolecular Hbond substituents is 1. The van der Waals surface area contributed by atoms with Gasteiger partial charge in [-0.2, -0.15) is 10.2 Å². The molecule has 3 aromatic rings. The van der Waals surface area contributed by atoms with E-state index in [9.17, 15) is 14.7 Å². The van der Waals surface area contributed by atoms with Gasteiger partial charge in [-0.05, 0) is 24.6 Å². The first-order valence-corrected chi connectivity index (χ1v) is 8.73. The first-order chi connectivity index (χ1) is 13.1. The lowest BCUT2D eigenvalue weighted by Crippen LogP contribution is -2.29. The van der Waals surface area contributed by atoms with Crippen LogP contribution in [-0.2, 0) is 6.54 Å². The Bertz CT molecular complexity index is 1060. The van der Waals surface area contributed by atoms with E-state index in [1.165, 1.54) is 17.0 Å². The first kappa shape index (κ1) is 18.3. The van der Waals surface area contributed by atoms with Crippen LogP contribution in [0.25, 0.3) is 10.8 Å². The third kappa shape index (κ3) is 4.03. The van der Waals surface area contributed by atoms with Crippen molar-refractivity contribution in [1.82, 2.24) is 15.2 Å². The number of phenols is 1. The first-order valence-electron chi connectivity index (χ1n) is 8.73. The summed E-state index contributed by atoms with van der Waals surface area (Å²) in [4.78, 5) is 25.2. The fourth-order valence-electron chi connectivity index (χ4n) is 2.67. The number of rotatable bonds is 6. The molecular weight excluding hydrogens is 344 g/mol. The number of nitrogens with one attached hydrogen (secondary N) is 1. The van der Waals surface area contributed by atoms with Crippen LogP contribution >= 0.6 is 0 Å². The molecule has 0 saturated heterocycles. The van der Waals surface area contributed by atoms with Gasteiger partial charge in [0.2, 0.25) is 0 Å². The maximum absolute atomic E-state index is 12.6. The van der Waals surface area contributed by atoms with E-state index in [-0.39, 0.29) is 17.0 Å². The Morgan fingerprint density at radius 1 is 1.19 bits per heavy atom. The highest BCUT2D eigenvalue weighted by Gasteiger charge is 2.16. The lowest BCUT2D eigenvalue weighted by Gasteiger charge is -2.09. The van der Waals surface area contributed by atoms with Gasteiger partial charge in [-0.25, -0.2) is 10.1 Å². The van der Waals surface area contributed by atoms with Gasteiger partial charge in [0.15, 0.2) is 5.69 Å². The summed E-state index contributed by atoms with van der Waals surface area (Å²) in [5, 5.41) is 18.8. The number of hydrogen-bond acceptors (Lipinski definition) is 5. The number of aromatic nitrogens is 2. The van der Waals surface area contributed by atoms with Crippen LogP contribution in [0.1, 0.15) is 35.8 Å². The number of unbranched alkanes of at least 4 members (excludes halogenated alkanes) is 1. The molecule has 3 rings (SSSR count). The average molecular weight is 364 g/mol. The number of fused-ring (bicyclic) bond motifs is 1. The van der Waals surface area contributed by atoms with Gasteiger partial charge in [0.05, 0.1) is 11.6 Å². The predicted molar refractivity (Wildman–Crippen MR) is 104 cm³/mol. The molecule has 0 saturated carbocycles. The molecule has 1 amide bonds. The molecule has 7 nitrogen and oxygen atoms in total. The third-order valence-electron chi connectivity index (χ3n) is 4.11. The van der Waals surface area contributed by atoms with Crippen LogP contribution in [0, 0.1) is 0 Å². The maximum atomic E-state index is 12.6. The molecule has 7 heteroatoms. The number of aromatic hydroxyl groups is 1. The van der Waals surface area contributed by atoms with Crippen molar-refractivity contribution in [2.75, 3.05) is 0 Å². The van der Waals surface area contributed by atoms with E-state index in [2.05, 4.69) is 15.6 Å². The predicted octanol–water partition coefficient (Wildman–Crippen LogP) is 2.67. The van der Waals surface area contributed by atoms with Crippen molar-refractivity contribution in [3.05, 3.63) is 70.1 Å². The molecule has 0 aliphatic rings. The molecule has 0 aliphatic carbocycles. The molecule has 2 aromatic carbocycles. The van der Waals surface area contributed by atoms with Crippen molar-refractivity contribution in [1.29, 1.82) is 0 Å². The number of aryl methyl sites for hydroxylation is 1. The van der Waals surface area contributed by atoms with Gasteiger partial charge in [0.1, 0.15) is 5.75 Å². The van der Waals surface area contributed by atoms with E-state index in [1.807, 2.05) is 6.92 Å². The fourth-order valence-corrected chi connectivity index (χ4v) is 2.67. The Morgan fingerprint density at radius 3 is 2.63 bits per heavy atom. The molecule has 0 atom stereocenters. The van der Waals surface area contributed by atoms with Gasteiger partial charge in [0, 0.05) is 17.5 Å². The van der Waals surface area contributed by atoms with Gasteiger partial charge in [0.25, 0.3) is 11.5 Å². The summed E-state index contributed by atoms with van der Waals surface area (Å²) in [7, 11) is 0. The molecule has 0 spiro atoms. The maximum Gasteiger partial charge on any atom is 0.292 e. The molecule has 1 aromatic heterocycles. The van der Waals surface area contributed by atoms with Crippen LogP contribution in [0.3, 0.4) is 0 Å². The van der Waals surface area contributed by atoms with Crippen molar-refractivity contribution in [3.8, 4) is 5.75 Å². The molecule has 138 valence electrons. The highest BCUT2D eigenvalue weighted by atomic mass is 16.3. The number of para-hydroxylation sites is 1. The number of benzene rings is 2. The Hall–Kier alpha value is -3.48. The van der Waals surface area contributed by atoms with E-state index in [4.69, 9.17) is 0 Å². The summed E-state index contributed by atoms with van der Waals surface area (Å²) >= 11 is 0. The number of hydrazone groups is 1. The van der Waals surface area contributed by atoms with Gasteiger partial charge in [-0.3, -0.25) is 9.59 Å². The summed E-state index contributed by atoms with van der Waals surface area (Å²) in [5.74, 6) is -0.463. The lowest BCUT2D eigenvalue weighted by atomic mass is 10.1. The Balaban J connectivity index is 1.92. The summed E-state index contributed by atoms with van der Waals surface area (Å²) in [5.41, 5.74) is 2.81. The average Bonchev–Trinajstić information content (AvgIpc) is 2.69. The monoisotopic (exact) mass is 364 g/mol. The van der Waals surface area contributed by atoms with Crippen LogP contribution in [-0.4, -0.2) is 27.0 Å². The quantitative estimate of drug-likeness (QED) is 0.519. The van der Waals surface area contributed by atoms with E-state index in [1.54, 1.807) is 42.5 Å². The molecule has 0 radical (unpaired) electrons. The van der Waals surface area contributed by atoms with Crippen molar-refractivity contribution < 1.29 is 9.90 Å². The zero-order valence-corrected chi connectivity index (χ0v) is 14.9. The normalized spacial score (nSPS) is 11.1. The van der Waals surface area contributed by atoms with E-state index < -0.39 is 5.91 Å². The molecule has 0 aliphatic heterocycles. The van der Waals surface area contributed by atoms with Gasteiger partial charge in [-0.1, -0.05) is 43.7 Å². The highest BCUT2D eigenvalue weighted by Crippen LogP contribution is 2.14. The number of carbonyl (C=O) groups excluding carboxylic acids is 1. The van der Waals surface area contributed by atoms with Crippen LogP contribution < -0.4 is 11.0 Å². The fraction of sp³-hybridized carbons (Fsp3) is 0.200. The molecule has 2 N–H and O–H groups in total. The zero-order valence-electron chi connectivity index (χ0n) is 14.9. The SMILES string of the molecule is CCCCn1nc(C(=O)N/N=C/c2ccccc2O)c2ccccc2c1=O. The molecule has 27 heavy (non-hydrogen) atoms. The summed E-state index contributed by atoms with van der Waals surface area (Å²) in [6.45, 7) is 2.47. The topological polar surface area (TPSA) is 96.6 Å². The van der Waals surface area contributed by atoms with E-state index in [0.717, 1.165) is 12.8 Å². The molecule has 1 heterocycles. The van der Waals surface area contributed by atoms with Crippen LogP contribution in [0.4, 0.5) is 0 Å². The van der Waals surface area contributed by atoms with Gasteiger partial charge in [-0.15, -0.1) is 0 Å². The molecular formula is C20H20N4O3. The number of amides is 1. The van der Waals surface area contributed by atoms with Crippen LogP contribution in [0.15, 0.2) is 58.4 Å². The number of hydrogen-bond donors (Lipinski definition) is 2. The standard InChI is InChI=1S/C20H20N4O3/c1-2-3-12-24-20(27)16-10-6-5-9-15(16)18(23-24)19(26)22-21-13-14-8-4-7-11-17(14)25/h4-11,13,25H,2-3,12H2,1H3,(H,22,26)/b21-13+. The smallest absolute Gasteiger partial charge is 0.292 e. The summed E-state index contributed by atoms with van der Waals surface area (Å²) in [6, 6.07) is 13.5. The van der Waals surface area contributed by atoms with Gasteiger partial charge >= 0.3 is 0 Å². The van der Waals surface area contributed by atoms with Gasteiger partial charge < -0.3 is 5.11 Å². The Labute approximate surface area is 156 Å². The minimum atomic E-state index is -0.525. The van der Waals surface area contributed by atoms with Crippen LogP contribution in [0.2, 0.25) is 0 Å². The Kier molecular flexibility index (Phi) is 5.61. The molecule has 0 fully saturated rings. The van der Waals surface area contributed by atoms with E-state index >= 15 is 0 Å². The summed E-state index contributed by atoms with van der Waals surface area (Å²) < 4.78 is 1.33. The number of carbonyl (C=O) groups is 1. The second-order valence-corrected chi connectivity index (χ2v) is 6.03. The summed E-state index contributed by atoms with van der Waals surface area (Å²) in [6.07, 6.45) is 3.05. The molecule has 0 bridgehead atoms. The van der Waals surface area contributed by atoms with Crippen molar-refractivity contribution in [2.45, 2.75) is 26.3 Å². The third-order valence-corrected chi connectivity index (χ3v) is 4.11. The number of nitrogens with zero attached hydrogens (tertiary/aromatic N) is 3. The highest BCUT2D eigenvalue weighted by molar-refractivity contribution is 6.05. The molecule has 0 unspecified atom stereocenters. The Morgan fingerprint density at radius 2 is 1.89 bits per heavy atom. The van der Waals surface area contributed by atoms with Crippen molar-refractivity contribution in [3.63, 3.8) is 0 Å². The minimum Gasteiger partial charge on any atom is -0.507 e. The van der Waals surface area contributed by atoms with Crippen molar-refractivity contribution >= 4 is 22.9 Å². The van der Waals surface area contributed by atoms with Crippen LogP contribution in [0.5, 0.6) is 5.75 Å². The van der Waals surface area contributed by atoms with Crippen molar-refractivity contribution in [2.24, 2.45) is 5.10 Å².